The minimum atomic E-state index is -1.16. The van der Waals surface area contributed by atoms with Crippen molar-refractivity contribution in [1.29, 1.82) is 0 Å². The van der Waals surface area contributed by atoms with Crippen LogP contribution in [0, 0.1) is 0 Å². The third-order valence-corrected chi connectivity index (χ3v) is 4.97. The Morgan fingerprint density at radius 1 is 0.852 bits per heavy atom. The Morgan fingerprint density at radius 3 is 1.81 bits per heavy atom. The number of aliphatic hydroxyl groups is 1. The van der Waals surface area contributed by atoms with Crippen LogP contribution in [0.3, 0.4) is 0 Å². The molecule has 4 N–H and O–H groups in total. The number of carboxylic acids is 1. The van der Waals surface area contributed by atoms with Crippen LogP contribution in [0.1, 0.15) is 99.9 Å². The Morgan fingerprint density at radius 2 is 1.33 bits per heavy atom. The molecule has 1 rings (SSSR count). The summed E-state index contributed by atoms with van der Waals surface area (Å²) in [6.07, 6.45) is 14.1. The molecule has 0 aliphatic carbocycles. The number of rotatable bonds is 15. The molecule has 1 atom stereocenters. The Balaban J connectivity index is 2.06. The van der Waals surface area contributed by atoms with Gasteiger partial charge in [0.1, 0.15) is 17.1 Å². The van der Waals surface area contributed by atoms with Crippen LogP contribution in [0.2, 0.25) is 0 Å². The van der Waals surface area contributed by atoms with Crippen molar-refractivity contribution in [2.24, 2.45) is 0 Å². The van der Waals surface area contributed by atoms with Crippen LogP contribution in [0.25, 0.3) is 0 Å². The van der Waals surface area contributed by atoms with Crippen LogP contribution in [-0.2, 0) is 6.42 Å². The number of hydrogen-bond acceptors (Lipinski definition) is 4. The number of benzene rings is 1. The summed E-state index contributed by atoms with van der Waals surface area (Å²) in [4.78, 5) is 11.2. The van der Waals surface area contributed by atoms with E-state index >= 15 is 0 Å². The average Bonchev–Trinajstić information content (AvgIpc) is 2.57. The number of aromatic carboxylic acids is 1. The third-order valence-electron chi connectivity index (χ3n) is 4.97. The molecule has 154 valence electrons. The second kappa shape index (κ2) is 13.4. The highest BCUT2D eigenvalue weighted by molar-refractivity contribution is 5.92. The second-order valence-electron chi connectivity index (χ2n) is 7.58. The molecule has 0 unspecified atom stereocenters. The third kappa shape index (κ3) is 10.2. The van der Waals surface area contributed by atoms with E-state index in [0.717, 1.165) is 38.2 Å². The van der Waals surface area contributed by atoms with Gasteiger partial charge in [-0.25, -0.2) is 4.79 Å². The fourth-order valence-electron chi connectivity index (χ4n) is 3.46. The normalized spacial score (nSPS) is 12.2. The van der Waals surface area contributed by atoms with E-state index in [1.165, 1.54) is 51.0 Å². The maximum Gasteiger partial charge on any atom is 0.339 e. The number of unbranched alkanes of at least 4 members (excludes halogenated alkanes) is 10. The monoisotopic (exact) mass is 380 g/mol. The Kier molecular flexibility index (Phi) is 11.6. The van der Waals surface area contributed by atoms with Crippen LogP contribution in [0.5, 0.6) is 11.5 Å². The van der Waals surface area contributed by atoms with Gasteiger partial charge in [-0.15, -0.1) is 0 Å². The van der Waals surface area contributed by atoms with Crippen molar-refractivity contribution in [3.8, 4) is 11.5 Å². The first-order chi connectivity index (χ1) is 12.9. The quantitative estimate of drug-likeness (QED) is 0.305. The molecule has 0 saturated heterocycles. The number of phenols is 2. The number of carboxylic acid groups (broad SMARTS) is 1. The first kappa shape index (κ1) is 23.3. The first-order valence-corrected chi connectivity index (χ1v) is 10.4. The largest absolute Gasteiger partial charge is 0.508 e. The highest BCUT2D eigenvalue weighted by Gasteiger charge is 2.16. The fraction of sp³-hybridized carbons (Fsp3) is 0.682. The van der Waals surface area contributed by atoms with Gasteiger partial charge in [-0.3, -0.25) is 0 Å². The van der Waals surface area contributed by atoms with Crippen LogP contribution in [-0.4, -0.2) is 32.5 Å². The van der Waals surface area contributed by atoms with E-state index < -0.39 is 5.97 Å². The Bertz CT molecular complexity index is 554. The van der Waals surface area contributed by atoms with Gasteiger partial charge in [0.2, 0.25) is 0 Å². The van der Waals surface area contributed by atoms with Crippen molar-refractivity contribution in [1.82, 2.24) is 0 Å². The minimum absolute atomic E-state index is 0.0961. The number of aliphatic hydroxyl groups excluding tert-OH is 1. The van der Waals surface area contributed by atoms with E-state index in [9.17, 15) is 25.2 Å². The molecule has 0 aliphatic rings. The van der Waals surface area contributed by atoms with Gasteiger partial charge < -0.3 is 20.4 Å². The zero-order chi connectivity index (χ0) is 20.1. The molecule has 0 fully saturated rings. The second-order valence-corrected chi connectivity index (χ2v) is 7.58. The molecule has 0 amide bonds. The zero-order valence-electron chi connectivity index (χ0n) is 16.6. The van der Waals surface area contributed by atoms with Gasteiger partial charge >= 0.3 is 5.97 Å². The summed E-state index contributed by atoms with van der Waals surface area (Å²) in [6, 6.07) is 2.50. The van der Waals surface area contributed by atoms with Gasteiger partial charge in [-0.05, 0) is 37.8 Å². The number of carbonyl (C=O) groups is 1. The molecular weight excluding hydrogens is 344 g/mol. The van der Waals surface area contributed by atoms with E-state index in [-0.39, 0.29) is 23.2 Å². The molecule has 0 spiro atoms. The lowest BCUT2D eigenvalue weighted by molar-refractivity contribution is 0.0692. The van der Waals surface area contributed by atoms with Crippen molar-refractivity contribution in [3.05, 3.63) is 23.3 Å². The van der Waals surface area contributed by atoms with E-state index in [1.54, 1.807) is 0 Å². The molecule has 5 heteroatoms. The summed E-state index contributed by atoms with van der Waals surface area (Å²) in [5, 5.41) is 37.7. The highest BCUT2D eigenvalue weighted by atomic mass is 16.4. The maximum atomic E-state index is 11.2. The van der Waals surface area contributed by atoms with Crippen molar-refractivity contribution in [2.45, 2.75) is 96.5 Å². The predicted molar refractivity (Wildman–Crippen MR) is 108 cm³/mol. The van der Waals surface area contributed by atoms with Gasteiger partial charge in [0.15, 0.2) is 0 Å². The molecule has 0 radical (unpaired) electrons. The lowest BCUT2D eigenvalue weighted by Gasteiger charge is -2.09. The van der Waals surface area contributed by atoms with Gasteiger partial charge in [0.25, 0.3) is 0 Å². The fourth-order valence-corrected chi connectivity index (χ4v) is 3.46. The molecule has 0 aromatic heterocycles. The molecule has 0 aliphatic heterocycles. The molecule has 27 heavy (non-hydrogen) atoms. The Hall–Kier alpha value is -1.75. The summed E-state index contributed by atoms with van der Waals surface area (Å²) < 4.78 is 0. The smallest absolute Gasteiger partial charge is 0.339 e. The Labute approximate surface area is 163 Å². The summed E-state index contributed by atoms with van der Waals surface area (Å²) in [5.41, 5.74) is 0.400. The topological polar surface area (TPSA) is 98.0 Å². The summed E-state index contributed by atoms with van der Waals surface area (Å²) in [6.45, 7) is 1.85. The van der Waals surface area contributed by atoms with E-state index in [0.29, 0.717) is 12.0 Å². The van der Waals surface area contributed by atoms with E-state index in [4.69, 9.17) is 0 Å². The molecule has 1 aromatic carbocycles. The van der Waals surface area contributed by atoms with Crippen molar-refractivity contribution < 1.29 is 25.2 Å². The van der Waals surface area contributed by atoms with Gasteiger partial charge in [0.05, 0.1) is 6.10 Å². The van der Waals surface area contributed by atoms with E-state index in [2.05, 4.69) is 0 Å². The minimum Gasteiger partial charge on any atom is -0.508 e. The first-order valence-electron chi connectivity index (χ1n) is 10.4. The van der Waals surface area contributed by atoms with Gasteiger partial charge in [-0.2, -0.15) is 0 Å². The number of aryl methyl sites for hydroxylation is 1. The zero-order valence-corrected chi connectivity index (χ0v) is 16.6. The molecule has 1 aromatic rings. The molecule has 0 bridgehead atoms. The van der Waals surface area contributed by atoms with Crippen LogP contribution in [0.4, 0.5) is 0 Å². The maximum absolute atomic E-state index is 11.2. The number of aromatic hydroxyl groups is 2. The average molecular weight is 381 g/mol. The summed E-state index contributed by atoms with van der Waals surface area (Å²) in [5.74, 6) is -1.63. The van der Waals surface area contributed by atoms with Crippen LogP contribution in [0.15, 0.2) is 12.1 Å². The summed E-state index contributed by atoms with van der Waals surface area (Å²) in [7, 11) is 0. The highest BCUT2D eigenvalue weighted by Crippen LogP contribution is 2.28. The van der Waals surface area contributed by atoms with E-state index in [1.807, 2.05) is 6.92 Å². The van der Waals surface area contributed by atoms with Crippen LogP contribution >= 0.6 is 0 Å². The number of hydrogen-bond donors (Lipinski definition) is 4. The standard InChI is InChI=1S/C22H36O5/c1-17(23)13-11-9-7-5-3-2-4-6-8-10-12-14-18-15-19(24)16-20(25)21(18)22(26)27/h15-17,23-25H,2-14H2,1H3,(H,26,27)/t17-/m1/s1. The van der Waals surface area contributed by atoms with Crippen molar-refractivity contribution in [3.63, 3.8) is 0 Å². The summed E-state index contributed by atoms with van der Waals surface area (Å²) >= 11 is 0. The van der Waals surface area contributed by atoms with Gasteiger partial charge in [0, 0.05) is 6.07 Å². The molecular formula is C22H36O5. The predicted octanol–water partition coefficient (Wildman–Crippen LogP) is 5.40. The number of phenolic OH excluding ortho intramolecular Hbond substituents is 1. The SMILES string of the molecule is C[C@@H](O)CCCCCCCCCCCCCc1cc(O)cc(O)c1C(=O)O. The molecule has 0 heterocycles. The van der Waals surface area contributed by atoms with Gasteiger partial charge in [-0.1, -0.05) is 64.2 Å². The van der Waals surface area contributed by atoms with Crippen molar-refractivity contribution >= 4 is 5.97 Å². The molecule has 0 saturated carbocycles. The van der Waals surface area contributed by atoms with Crippen LogP contribution < -0.4 is 0 Å². The molecule has 5 nitrogen and oxygen atoms in total. The lowest BCUT2D eigenvalue weighted by Crippen LogP contribution is -2.03. The lowest BCUT2D eigenvalue weighted by atomic mass is 9.99. The van der Waals surface area contributed by atoms with Crippen molar-refractivity contribution in [2.75, 3.05) is 0 Å².